The molecule has 1 aromatic heterocycles. The fraction of sp³-hybridized carbons (Fsp3) is 0.545. The Hall–Kier alpha value is -1.50. The fourth-order valence-corrected chi connectivity index (χ4v) is 2.44. The molecule has 0 spiro atoms. The minimum atomic E-state index is -0.323. The average Bonchev–Trinajstić information content (AvgIpc) is 2.32. The number of hydrogen-bond acceptors (Lipinski definition) is 7. The van der Waals surface area contributed by atoms with Crippen molar-refractivity contribution in [2.75, 3.05) is 18.6 Å². The Bertz CT molecular complexity index is 394. The van der Waals surface area contributed by atoms with Crippen LogP contribution in [0.4, 0.5) is 11.6 Å². The molecule has 0 saturated carbocycles. The Morgan fingerprint density at radius 3 is 2.56 bits per heavy atom. The van der Waals surface area contributed by atoms with E-state index in [1.165, 1.54) is 24.9 Å². The molecule has 7 heteroatoms. The summed E-state index contributed by atoms with van der Waals surface area (Å²) in [5.74, 6) is 0.311. The highest BCUT2D eigenvalue weighted by molar-refractivity contribution is 8.00. The molecule has 0 aliphatic heterocycles. The van der Waals surface area contributed by atoms with Gasteiger partial charge in [0.05, 0.1) is 7.11 Å². The molecule has 0 bridgehead atoms. The monoisotopic (exact) mass is 270 g/mol. The van der Waals surface area contributed by atoms with Gasteiger partial charge in [-0.1, -0.05) is 31.5 Å². The highest BCUT2D eigenvalue weighted by atomic mass is 32.2. The molecule has 1 atom stereocenters. The number of ether oxygens (including phenoxy) is 1. The number of methoxy groups -OCH3 is 1. The van der Waals surface area contributed by atoms with E-state index in [1.54, 1.807) is 0 Å². The zero-order valence-electron chi connectivity index (χ0n) is 10.5. The van der Waals surface area contributed by atoms with Gasteiger partial charge in [-0.3, -0.25) is 4.79 Å². The summed E-state index contributed by atoms with van der Waals surface area (Å²) in [6, 6.07) is 1.48. The van der Waals surface area contributed by atoms with Gasteiger partial charge in [0.15, 0.2) is 5.16 Å². The van der Waals surface area contributed by atoms with E-state index in [4.69, 9.17) is 16.2 Å². The molecule has 0 saturated heterocycles. The number of rotatable bonds is 6. The third-order valence-electron chi connectivity index (χ3n) is 2.28. The summed E-state index contributed by atoms with van der Waals surface area (Å²) in [5.41, 5.74) is 11.2. The lowest BCUT2D eigenvalue weighted by Gasteiger charge is -2.13. The SMILES string of the molecule is CCCCC(Sc1nc(N)cc(N)n1)C(=O)OC. The molecule has 6 nitrogen and oxygen atoms in total. The molecule has 0 fully saturated rings. The molecular weight excluding hydrogens is 252 g/mol. The summed E-state index contributed by atoms with van der Waals surface area (Å²) >= 11 is 1.23. The van der Waals surface area contributed by atoms with Gasteiger partial charge < -0.3 is 16.2 Å². The molecule has 1 unspecified atom stereocenters. The van der Waals surface area contributed by atoms with Crippen LogP contribution < -0.4 is 11.5 Å². The molecule has 0 aliphatic carbocycles. The summed E-state index contributed by atoms with van der Waals surface area (Å²) in [5, 5.41) is 0.0788. The second kappa shape index (κ2) is 7.05. The van der Waals surface area contributed by atoms with Crippen LogP contribution in [0.3, 0.4) is 0 Å². The van der Waals surface area contributed by atoms with E-state index in [1.807, 2.05) is 0 Å². The van der Waals surface area contributed by atoms with Crippen LogP contribution in [0.1, 0.15) is 26.2 Å². The zero-order chi connectivity index (χ0) is 13.5. The van der Waals surface area contributed by atoms with Crippen molar-refractivity contribution in [3.63, 3.8) is 0 Å². The molecule has 0 radical (unpaired) electrons. The smallest absolute Gasteiger partial charge is 0.319 e. The van der Waals surface area contributed by atoms with Crippen molar-refractivity contribution in [2.24, 2.45) is 0 Å². The van der Waals surface area contributed by atoms with Crippen molar-refractivity contribution in [2.45, 2.75) is 36.6 Å². The molecule has 1 aromatic rings. The topological polar surface area (TPSA) is 104 Å². The first-order chi connectivity index (χ1) is 8.56. The number of thioether (sulfide) groups is 1. The molecular formula is C11H18N4O2S. The van der Waals surface area contributed by atoms with E-state index in [-0.39, 0.29) is 11.2 Å². The minimum absolute atomic E-state index is 0.280. The van der Waals surface area contributed by atoms with Gasteiger partial charge in [-0.2, -0.15) is 0 Å². The Balaban J connectivity index is 2.78. The molecule has 1 heterocycles. The molecule has 18 heavy (non-hydrogen) atoms. The number of nitrogens with zero attached hydrogens (tertiary/aromatic N) is 2. The van der Waals surface area contributed by atoms with Crippen LogP contribution in [0.25, 0.3) is 0 Å². The number of unbranched alkanes of at least 4 members (excludes halogenated alkanes) is 1. The van der Waals surface area contributed by atoms with Gasteiger partial charge in [0.2, 0.25) is 0 Å². The highest BCUT2D eigenvalue weighted by Crippen LogP contribution is 2.26. The minimum Gasteiger partial charge on any atom is -0.468 e. The zero-order valence-corrected chi connectivity index (χ0v) is 11.4. The van der Waals surface area contributed by atoms with Gasteiger partial charge in [0, 0.05) is 6.07 Å². The average molecular weight is 270 g/mol. The summed E-state index contributed by atoms with van der Waals surface area (Å²) in [7, 11) is 1.37. The number of esters is 1. The maximum atomic E-state index is 11.6. The maximum absolute atomic E-state index is 11.6. The van der Waals surface area contributed by atoms with Crippen molar-refractivity contribution < 1.29 is 9.53 Å². The fourth-order valence-electron chi connectivity index (χ4n) is 1.39. The Morgan fingerprint density at radius 1 is 1.44 bits per heavy atom. The second-order valence-electron chi connectivity index (χ2n) is 3.77. The molecule has 0 amide bonds. The summed E-state index contributed by atoms with van der Waals surface area (Å²) < 4.78 is 4.76. The van der Waals surface area contributed by atoms with Crippen LogP contribution in [-0.2, 0) is 9.53 Å². The van der Waals surface area contributed by atoms with Crippen LogP contribution in [0.2, 0.25) is 0 Å². The van der Waals surface area contributed by atoms with Gasteiger partial charge in [-0.25, -0.2) is 9.97 Å². The quantitative estimate of drug-likeness (QED) is 0.458. The number of aromatic nitrogens is 2. The van der Waals surface area contributed by atoms with Gasteiger partial charge in [0.1, 0.15) is 16.9 Å². The molecule has 4 N–H and O–H groups in total. The van der Waals surface area contributed by atoms with Gasteiger partial charge in [-0.05, 0) is 6.42 Å². The predicted molar refractivity (Wildman–Crippen MR) is 72.0 cm³/mol. The Morgan fingerprint density at radius 2 is 2.06 bits per heavy atom. The van der Waals surface area contributed by atoms with E-state index in [0.717, 1.165) is 12.8 Å². The number of nitrogen functional groups attached to an aromatic ring is 2. The number of carbonyl (C=O) groups excluding carboxylic acids is 1. The molecule has 0 aliphatic rings. The van der Waals surface area contributed by atoms with Crippen LogP contribution in [0, 0.1) is 0 Å². The molecule has 0 aromatic carbocycles. The second-order valence-corrected chi connectivity index (χ2v) is 4.94. The lowest BCUT2D eigenvalue weighted by Crippen LogP contribution is -2.19. The molecule has 1 rings (SSSR count). The number of nitrogens with two attached hydrogens (primary N) is 2. The van der Waals surface area contributed by atoms with E-state index < -0.39 is 0 Å². The van der Waals surface area contributed by atoms with Gasteiger partial charge >= 0.3 is 5.97 Å². The number of hydrogen-bond donors (Lipinski definition) is 2. The first-order valence-electron chi connectivity index (χ1n) is 5.71. The standard InChI is InChI=1S/C11H18N4O2S/c1-3-4-5-7(10(16)17-2)18-11-14-8(12)6-9(13)15-11/h6-7H,3-5H2,1-2H3,(H4,12,13,14,15). The van der Waals surface area contributed by atoms with E-state index in [0.29, 0.717) is 23.2 Å². The maximum Gasteiger partial charge on any atom is 0.319 e. The van der Waals surface area contributed by atoms with Gasteiger partial charge in [0.25, 0.3) is 0 Å². The lowest BCUT2D eigenvalue weighted by molar-refractivity contribution is -0.140. The van der Waals surface area contributed by atoms with E-state index in [9.17, 15) is 4.79 Å². The van der Waals surface area contributed by atoms with Crippen molar-refractivity contribution in [3.05, 3.63) is 6.07 Å². The van der Waals surface area contributed by atoms with Gasteiger partial charge in [-0.15, -0.1) is 0 Å². The normalized spacial score (nSPS) is 12.1. The van der Waals surface area contributed by atoms with Crippen LogP contribution in [0.15, 0.2) is 11.2 Å². The highest BCUT2D eigenvalue weighted by Gasteiger charge is 2.21. The summed E-state index contributed by atoms with van der Waals surface area (Å²) in [4.78, 5) is 19.7. The van der Waals surface area contributed by atoms with Crippen molar-refractivity contribution in [1.82, 2.24) is 9.97 Å². The first kappa shape index (κ1) is 14.6. The van der Waals surface area contributed by atoms with Crippen molar-refractivity contribution in [1.29, 1.82) is 0 Å². The number of anilines is 2. The van der Waals surface area contributed by atoms with Crippen LogP contribution >= 0.6 is 11.8 Å². The van der Waals surface area contributed by atoms with Crippen molar-refractivity contribution in [3.8, 4) is 0 Å². The third kappa shape index (κ3) is 4.40. The Labute approximate surface area is 111 Å². The summed E-state index contributed by atoms with van der Waals surface area (Å²) in [6.45, 7) is 2.06. The van der Waals surface area contributed by atoms with E-state index >= 15 is 0 Å². The largest absolute Gasteiger partial charge is 0.468 e. The van der Waals surface area contributed by atoms with Crippen molar-refractivity contribution >= 4 is 29.4 Å². The van der Waals surface area contributed by atoms with Crippen LogP contribution in [0.5, 0.6) is 0 Å². The number of carbonyl (C=O) groups is 1. The first-order valence-corrected chi connectivity index (χ1v) is 6.59. The van der Waals surface area contributed by atoms with E-state index in [2.05, 4.69) is 16.9 Å². The molecule has 100 valence electrons. The summed E-state index contributed by atoms with van der Waals surface area (Å²) in [6.07, 6.45) is 2.66. The van der Waals surface area contributed by atoms with Crippen LogP contribution in [-0.4, -0.2) is 28.3 Å². The predicted octanol–water partition coefficient (Wildman–Crippen LogP) is 1.46. The Kier molecular flexibility index (Phi) is 5.70. The lowest BCUT2D eigenvalue weighted by atomic mass is 10.2. The third-order valence-corrected chi connectivity index (χ3v) is 3.38.